The van der Waals surface area contributed by atoms with Crippen molar-refractivity contribution in [3.05, 3.63) is 35.1 Å². The molecule has 0 spiro atoms. The van der Waals surface area contributed by atoms with Gasteiger partial charge in [-0.05, 0) is 31.0 Å². The Kier molecular flexibility index (Phi) is 3.82. The Morgan fingerprint density at radius 2 is 2.33 bits per heavy atom. The van der Waals surface area contributed by atoms with Gasteiger partial charge in [0.25, 0.3) is 0 Å². The predicted molar refractivity (Wildman–Crippen MR) is 81.2 cm³/mol. The standard InChI is InChI=1S/C15H15ClN4O/c16-14-7-10(3-4-18-14)13-6-11(8-17)15(19-13)20-5-1-2-12(21)9-20/h3-4,6-7,12,19,21H,1-2,5,9H2. The Balaban J connectivity index is 1.97. The molecule has 0 bridgehead atoms. The molecule has 0 aliphatic carbocycles. The van der Waals surface area contributed by atoms with Gasteiger partial charge in [0.2, 0.25) is 0 Å². The zero-order chi connectivity index (χ0) is 14.8. The zero-order valence-electron chi connectivity index (χ0n) is 11.4. The van der Waals surface area contributed by atoms with Crippen LogP contribution >= 0.6 is 11.6 Å². The monoisotopic (exact) mass is 302 g/mol. The van der Waals surface area contributed by atoms with E-state index in [-0.39, 0.29) is 6.10 Å². The van der Waals surface area contributed by atoms with Gasteiger partial charge in [0.15, 0.2) is 0 Å². The number of piperidine rings is 1. The van der Waals surface area contributed by atoms with Crippen LogP contribution in [0.4, 0.5) is 5.82 Å². The molecule has 108 valence electrons. The molecular weight excluding hydrogens is 288 g/mol. The number of halogens is 1. The number of pyridine rings is 1. The third kappa shape index (κ3) is 2.87. The highest BCUT2D eigenvalue weighted by Crippen LogP contribution is 2.29. The number of H-pyrrole nitrogens is 1. The SMILES string of the molecule is N#Cc1cc(-c2ccnc(Cl)c2)[nH]c1N1CCCC(O)C1. The number of β-amino-alcohol motifs (C(OH)–C–C–N with tert-alkyl or cyclic N) is 1. The summed E-state index contributed by atoms with van der Waals surface area (Å²) in [5.74, 6) is 0.763. The molecule has 0 radical (unpaired) electrons. The van der Waals surface area contributed by atoms with Crippen molar-refractivity contribution in [1.82, 2.24) is 9.97 Å². The van der Waals surface area contributed by atoms with Crippen molar-refractivity contribution < 1.29 is 5.11 Å². The van der Waals surface area contributed by atoms with Crippen LogP contribution in [0.2, 0.25) is 5.15 Å². The number of nitrogens with one attached hydrogen (secondary N) is 1. The number of aromatic nitrogens is 2. The number of hydrogen-bond donors (Lipinski definition) is 2. The fourth-order valence-electron chi connectivity index (χ4n) is 2.66. The molecule has 0 saturated carbocycles. The molecule has 3 rings (SSSR count). The first-order chi connectivity index (χ1) is 10.2. The minimum Gasteiger partial charge on any atom is -0.391 e. The third-order valence-electron chi connectivity index (χ3n) is 3.67. The maximum absolute atomic E-state index is 9.80. The summed E-state index contributed by atoms with van der Waals surface area (Å²) in [6.45, 7) is 1.38. The average Bonchev–Trinajstić information content (AvgIpc) is 2.91. The topological polar surface area (TPSA) is 75.9 Å². The van der Waals surface area contributed by atoms with Crippen molar-refractivity contribution in [3.8, 4) is 17.3 Å². The van der Waals surface area contributed by atoms with Crippen LogP contribution in [0.1, 0.15) is 18.4 Å². The quantitative estimate of drug-likeness (QED) is 0.836. The molecule has 5 nitrogen and oxygen atoms in total. The minimum absolute atomic E-state index is 0.340. The van der Waals surface area contributed by atoms with E-state index >= 15 is 0 Å². The predicted octanol–water partition coefficient (Wildman–Crippen LogP) is 2.56. The second-order valence-corrected chi connectivity index (χ2v) is 5.55. The molecule has 1 aliphatic heterocycles. The summed E-state index contributed by atoms with van der Waals surface area (Å²) in [5, 5.41) is 19.5. The highest BCUT2D eigenvalue weighted by molar-refractivity contribution is 6.29. The molecular formula is C15H15ClN4O. The Morgan fingerprint density at radius 1 is 1.48 bits per heavy atom. The van der Waals surface area contributed by atoms with Gasteiger partial charge in [-0.1, -0.05) is 11.6 Å². The van der Waals surface area contributed by atoms with E-state index < -0.39 is 0 Å². The van der Waals surface area contributed by atoms with Crippen molar-refractivity contribution in [2.24, 2.45) is 0 Å². The highest BCUT2D eigenvalue weighted by atomic mass is 35.5. The van der Waals surface area contributed by atoms with Gasteiger partial charge in [-0.25, -0.2) is 4.98 Å². The van der Waals surface area contributed by atoms with Gasteiger partial charge >= 0.3 is 0 Å². The van der Waals surface area contributed by atoms with Crippen molar-refractivity contribution in [2.45, 2.75) is 18.9 Å². The Labute approximate surface area is 127 Å². The van der Waals surface area contributed by atoms with Crippen molar-refractivity contribution in [2.75, 3.05) is 18.0 Å². The molecule has 1 saturated heterocycles. The molecule has 2 aromatic heterocycles. The van der Waals surface area contributed by atoms with Gasteiger partial charge in [-0.2, -0.15) is 5.26 Å². The molecule has 6 heteroatoms. The minimum atomic E-state index is -0.340. The lowest BCUT2D eigenvalue weighted by molar-refractivity contribution is 0.154. The summed E-state index contributed by atoms with van der Waals surface area (Å²) >= 11 is 5.91. The molecule has 2 N–H and O–H groups in total. The van der Waals surface area contributed by atoms with Crippen molar-refractivity contribution >= 4 is 17.4 Å². The molecule has 0 amide bonds. The number of rotatable bonds is 2. The van der Waals surface area contributed by atoms with E-state index in [1.807, 2.05) is 17.0 Å². The lowest BCUT2D eigenvalue weighted by Crippen LogP contribution is -2.38. The van der Waals surface area contributed by atoms with Gasteiger partial charge in [-0.15, -0.1) is 0 Å². The van der Waals surface area contributed by atoms with E-state index in [1.54, 1.807) is 12.3 Å². The number of aromatic amines is 1. The number of nitrogens with zero attached hydrogens (tertiary/aromatic N) is 3. The second kappa shape index (κ2) is 5.76. The van der Waals surface area contributed by atoms with Gasteiger partial charge < -0.3 is 15.0 Å². The molecule has 1 unspecified atom stereocenters. The lowest BCUT2D eigenvalue weighted by atomic mass is 10.1. The van der Waals surface area contributed by atoms with Gasteiger partial charge in [-0.3, -0.25) is 0 Å². The van der Waals surface area contributed by atoms with Gasteiger partial charge in [0.1, 0.15) is 17.0 Å². The number of nitriles is 1. The molecule has 1 aliphatic rings. The van der Waals surface area contributed by atoms with Crippen LogP contribution in [0.15, 0.2) is 24.4 Å². The van der Waals surface area contributed by atoms with E-state index in [4.69, 9.17) is 11.6 Å². The number of anilines is 1. The number of aliphatic hydroxyl groups excluding tert-OH is 1. The fourth-order valence-corrected chi connectivity index (χ4v) is 2.84. The van der Waals surface area contributed by atoms with Gasteiger partial charge in [0, 0.05) is 30.5 Å². The van der Waals surface area contributed by atoms with Crippen LogP contribution in [-0.2, 0) is 0 Å². The summed E-state index contributed by atoms with van der Waals surface area (Å²) in [6.07, 6.45) is 3.02. The molecule has 2 aromatic rings. The van der Waals surface area contributed by atoms with Crippen LogP contribution in [-0.4, -0.2) is 34.3 Å². The molecule has 1 atom stereocenters. The first-order valence-corrected chi connectivity index (χ1v) is 7.23. The Morgan fingerprint density at radius 3 is 3.05 bits per heavy atom. The average molecular weight is 303 g/mol. The molecule has 1 fully saturated rings. The van der Waals surface area contributed by atoms with Crippen LogP contribution < -0.4 is 4.90 Å². The number of aliphatic hydroxyl groups is 1. The summed E-state index contributed by atoms with van der Waals surface area (Å²) in [4.78, 5) is 9.26. The molecule has 3 heterocycles. The van der Waals surface area contributed by atoms with Crippen LogP contribution in [0, 0.1) is 11.3 Å². The second-order valence-electron chi connectivity index (χ2n) is 5.17. The maximum atomic E-state index is 9.80. The number of hydrogen-bond acceptors (Lipinski definition) is 4. The molecule has 21 heavy (non-hydrogen) atoms. The van der Waals surface area contributed by atoms with Crippen LogP contribution in [0.25, 0.3) is 11.3 Å². The summed E-state index contributed by atoms with van der Waals surface area (Å²) in [5.41, 5.74) is 2.29. The maximum Gasteiger partial charge on any atom is 0.129 e. The summed E-state index contributed by atoms with van der Waals surface area (Å²) < 4.78 is 0. The summed E-state index contributed by atoms with van der Waals surface area (Å²) in [6, 6.07) is 7.61. The van der Waals surface area contributed by atoms with E-state index in [0.717, 1.165) is 36.5 Å². The normalized spacial score (nSPS) is 18.5. The van der Waals surface area contributed by atoms with E-state index in [1.165, 1.54) is 0 Å². The highest BCUT2D eigenvalue weighted by Gasteiger charge is 2.22. The lowest BCUT2D eigenvalue weighted by Gasteiger charge is -2.31. The van der Waals surface area contributed by atoms with Crippen molar-refractivity contribution in [3.63, 3.8) is 0 Å². The van der Waals surface area contributed by atoms with Crippen LogP contribution in [0.5, 0.6) is 0 Å². The van der Waals surface area contributed by atoms with E-state index in [2.05, 4.69) is 16.0 Å². The Hall–Kier alpha value is -2.03. The largest absolute Gasteiger partial charge is 0.391 e. The van der Waals surface area contributed by atoms with E-state index in [0.29, 0.717) is 17.3 Å². The zero-order valence-corrected chi connectivity index (χ0v) is 12.1. The Bertz CT molecular complexity index is 691. The van der Waals surface area contributed by atoms with E-state index in [9.17, 15) is 10.4 Å². The van der Waals surface area contributed by atoms with Crippen LogP contribution in [0.3, 0.4) is 0 Å². The fraction of sp³-hybridized carbons (Fsp3) is 0.333. The first kappa shape index (κ1) is 13.9. The smallest absolute Gasteiger partial charge is 0.129 e. The third-order valence-corrected chi connectivity index (χ3v) is 3.87. The first-order valence-electron chi connectivity index (χ1n) is 6.85. The molecule has 0 aromatic carbocycles. The van der Waals surface area contributed by atoms with Gasteiger partial charge in [0.05, 0.1) is 11.7 Å². The summed E-state index contributed by atoms with van der Waals surface area (Å²) in [7, 11) is 0. The van der Waals surface area contributed by atoms with Crippen molar-refractivity contribution in [1.29, 1.82) is 5.26 Å².